The Morgan fingerprint density at radius 2 is 1.69 bits per heavy atom. The number of nitrogens with zero attached hydrogens (tertiary/aromatic N) is 1. The Morgan fingerprint density at radius 1 is 1.19 bits per heavy atom. The molecule has 1 aromatic heterocycles. The van der Waals surface area contributed by atoms with Crippen LogP contribution < -0.4 is 5.73 Å². The van der Waals surface area contributed by atoms with Crippen LogP contribution in [0.2, 0.25) is 0 Å². The summed E-state index contributed by atoms with van der Waals surface area (Å²) in [6.07, 6.45) is -4.36. The quantitative estimate of drug-likeness (QED) is 0.802. The van der Waals surface area contributed by atoms with Crippen molar-refractivity contribution in [3.05, 3.63) is 23.4 Å². The zero-order valence-corrected chi connectivity index (χ0v) is 9.89. The van der Waals surface area contributed by atoms with Crippen molar-refractivity contribution >= 4 is 5.82 Å². The largest absolute Gasteiger partial charge is 0.418 e. The smallest absolute Gasteiger partial charge is 0.384 e. The second-order valence-electron chi connectivity index (χ2n) is 3.32. The summed E-state index contributed by atoms with van der Waals surface area (Å²) in [6.45, 7) is 7.30. The molecule has 0 fully saturated rings. The summed E-state index contributed by atoms with van der Waals surface area (Å²) in [5.74, 6) is -0.183. The Kier molecular flexibility index (Phi) is 5.27. The second-order valence-corrected chi connectivity index (χ2v) is 3.32. The number of hydrogen-bond acceptors (Lipinski definition) is 2. The monoisotopic (exact) mass is 234 g/mol. The van der Waals surface area contributed by atoms with E-state index in [0.717, 1.165) is 12.1 Å². The van der Waals surface area contributed by atoms with Gasteiger partial charge in [0.05, 0.1) is 11.3 Å². The number of hydrogen-bond donors (Lipinski definition) is 1. The molecule has 0 aliphatic rings. The van der Waals surface area contributed by atoms with Gasteiger partial charge in [-0.3, -0.25) is 0 Å². The van der Waals surface area contributed by atoms with Crippen molar-refractivity contribution in [2.45, 2.75) is 39.8 Å². The van der Waals surface area contributed by atoms with Crippen LogP contribution in [0, 0.1) is 0 Å². The first-order valence-electron chi connectivity index (χ1n) is 5.16. The number of alkyl halides is 3. The fraction of sp³-hybridized carbons (Fsp3) is 0.545. The first-order chi connectivity index (χ1) is 7.32. The van der Waals surface area contributed by atoms with Crippen LogP contribution in [0.25, 0.3) is 0 Å². The molecule has 0 radical (unpaired) electrons. The van der Waals surface area contributed by atoms with E-state index in [9.17, 15) is 13.2 Å². The Hall–Kier alpha value is -1.26. The van der Waals surface area contributed by atoms with Crippen LogP contribution in [0.4, 0.5) is 19.0 Å². The second kappa shape index (κ2) is 5.72. The fourth-order valence-corrected chi connectivity index (χ4v) is 1.17. The number of nitrogens with two attached hydrogens (primary N) is 1. The van der Waals surface area contributed by atoms with Crippen molar-refractivity contribution < 1.29 is 13.2 Å². The molecule has 0 unspecified atom stereocenters. The molecule has 16 heavy (non-hydrogen) atoms. The SMILES string of the molecule is CC.CC(C)c1nc(N)ccc1C(F)(F)F. The highest BCUT2D eigenvalue weighted by Gasteiger charge is 2.34. The van der Waals surface area contributed by atoms with Gasteiger partial charge in [-0.15, -0.1) is 0 Å². The van der Waals surface area contributed by atoms with Gasteiger partial charge in [-0.25, -0.2) is 4.98 Å². The third kappa shape index (κ3) is 3.72. The summed E-state index contributed by atoms with van der Waals surface area (Å²) in [5, 5.41) is 0. The van der Waals surface area contributed by atoms with E-state index in [-0.39, 0.29) is 17.4 Å². The molecule has 2 nitrogen and oxygen atoms in total. The minimum absolute atomic E-state index is 0.00231. The first kappa shape index (κ1) is 14.7. The van der Waals surface area contributed by atoms with E-state index in [4.69, 9.17) is 5.73 Å². The van der Waals surface area contributed by atoms with Crippen molar-refractivity contribution in [3.63, 3.8) is 0 Å². The highest BCUT2D eigenvalue weighted by atomic mass is 19.4. The van der Waals surface area contributed by atoms with Crippen molar-refractivity contribution in [1.29, 1.82) is 0 Å². The van der Waals surface area contributed by atoms with Crippen LogP contribution in [-0.2, 0) is 6.18 Å². The van der Waals surface area contributed by atoms with Crippen molar-refractivity contribution in [3.8, 4) is 0 Å². The van der Waals surface area contributed by atoms with Gasteiger partial charge in [-0.2, -0.15) is 13.2 Å². The molecule has 0 spiro atoms. The van der Waals surface area contributed by atoms with E-state index >= 15 is 0 Å². The fourth-order valence-electron chi connectivity index (χ4n) is 1.17. The first-order valence-corrected chi connectivity index (χ1v) is 5.16. The summed E-state index contributed by atoms with van der Waals surface area (Å²) in [5.41, 5.74) is 4.62. The summed E-state index contributed by atoms with van der Waals surface area (Å²) in [4.78, 5) is 3.70. The third-order valence-electron chi connectivity index (χ3n) is 1.80. The molecule has 0 aromatic carbocycles. The van der Waals surface area contributed by atoms with Gasteiger partial charge in [-0.1, -0.05) is 27.7 Å². The van der Waals surface area contributed by atoms with Gasteiger partial charge in [0, 0.05) is 0 Å². The van der Waals surface area contributed by atoms with Crippen molar-refractivity contribution in [2.24, 2.45) is 0 Å². The van der Waals surface area contributed by atoms with Gasteiger partial charge in [0.15, 0.2) is 0 Å². The van der Waals surface area contributed by atoms with Crippen LogP contribution in [0.3, 0.4) is 0 Å². The van der Waals surface area contributed by atoms with E-state index in [1.165, 1.54) is 0 Å². The molecule has 92 valence electrons. The average molecular weight is 234 g/mol. The number of aromatic nitrogens is 1. The molecular weight excluding hydrogens is 217 g/mol. The molecule has 1 heterocycles. The van der Waals surface area contributed by atoms with Crippen LogP contribution in [0.15, 0.2) is 12.1 Å². The molecule has 0 saturated heterocycles. The van der Waals surface area contributed by atoms with Crippen LogP contribution in [0.5, 0.6) is 0 Å². The Morgan fingerprint density at radius 3 is 2.06 bits per heavy atom. The maximum atomic E-state index is 12.5. The molecule has 0 bridgehead atoms. The molecule has 2 N–H and O–H groups in total. The molecule has 5 heteroatoms. The molecule has 1 rings (SSSR count). The van der Waals surface area contributed by atoms with Gasteiger partial charge in [-0.05, 0) is 18.1 Å². The van der Waals surface area contributed by atoms with Gasteiger partial charge in [0.2, 0.25) is 0 Å². The maximum Gasteiger partial charge on any atom is 0.418 e. The van der Waals surface area contributed by atoms with Gasteiger partial charge in [0.25, 0.3) is 0 Å². The molecule has 0 atom stereocenters. The summed E-state index contributed by atoms with van der Waals surface area (Å²) >= 11 is 0. The predicted molar refractivity (Wildman–Crippen MR) is 59.1 cm³/mol. The zero-order valence-electron chi connectivity index (χ0n) is 9.89. The van der Waals surface area contributed by atoms with E-state index in [2.05, 4.69) is 4.98 Å². The highest BCUT2D eigenvalue weighted by molar-refractivity contribution is 5.36. The molecule has 1 aromatic rings. The Bertz CT molecular complexity index is 332. The number of rotatable bonds is 1. The normalized spacial score (nSPS) is 11.0. The highest BCUT2D eigenvalue weighted by Crippen LogP contribution is 2.34. The minimum atomic E-state index is -4.36. The van der Waals surface area contributed by atoms with Crippen molar-refractivity contribution in [2.75, 3.05) is 5.73 Å². The lowest BCUT2D eigenvalue weighted by atomic mass is 10.0. The standard InChI is InChI=1S/C9H11F3N2.C2H6/c1-5(2)8-6(9(10,11)12)3-4-7(13)14-8;1-2/h3-5H,1-2H3,(H2,13,14);1-2H3. The third-order valence-corrected chi connectivity index (χ3v) is 1.80. The Labute approximate surface area is 93.7 Å². The molecule has 0 aliphatic heterocycles. The van der Waals surface area contributed by atoms with Crippen LogP contribution in [0.1, 0.15) is 44.9 Å². The lowest BCUT2D eigenvalue weighted by Crippen LogP contribution is -2.12. The molecule has 0 amide bonds. The summed E-state index contributed by atoms with van der Waals surface area (Å²) in [7, 11) is 0. The molecular formula is C11H17F3N2. The van der Waals surface area contributed by atoms with E-state index in [1.54, 1.807) is 13.8 Å². The lowest BCUT2D eigenvalue weighted by Gasteiger charge is -2.14. The van der Waals surface area contributed by atoms with E-state index < -0.39 is 11.7 Å². The van der Waals surface area contributed by atoms with E-state index in [0.29, 0.717) is 0 Å². The lowest BCUT2D eigenvalue weighted by molar-refractivity contribution is -0.138. The van der Waals surface area contributed by atoms with E-state index in [1.807, 2.05) is 13.8 Å². The predicted octanol–water partition coefficient (Wildman–Crippen LogP) is 3.83. The summed E-state index contributed by atoms with van der Waals surface area (Å²) < 4.78 is 37.4. The number of nitrogen functional groups attached to an aromatic ring is 1. The van der Waals surface area contributed by atoms with Crippen molar-refractivity contribution in [1.82, 2.24) is 4.98 Å². The van der Waals surface area contributed by atoms with Gasteiger partial charge < -0.3 is 5.73 Å². The van der Waals surface area contributed by atoms with Gasteiger partial charge in [0.1, 0.15) is 5.82 Å². The summed E-state index contributed by atoms with van der Waals surface area (Å²) in [6, 6.07) is 2.13. The minimum Gasteiger partial charge on any atom is -0.384 e. The number of anilines is 1. The topological polar surface area (TPSA) is 38.9 Å². The average Bonchev–Trinajstić information content (AvgIpc) is 2.18. The Balaban J connectivity index is 0.00000106. The number of pyridine rings is 1. The number of halogens is 3. The molecule has 0 aliphatic carbocycles. The van der Waals surface area contributed by atoms with Gasteiger partial charge >= 0.3 is 6.18 Å². The zero-order chi connectivity index (χ0) is 12.9. The van der Waals surface area contributed by atoms with Crippen LogP contribution >= 0.6 is 0 Å². The molecule has 0 saturated carbocycles. The van der Waals surface area contributed by atoms with Crippen LogP contribution in [-0.4, -0.2) is 4.98 Å². The maximum absolute atomic E-state index is 12.5.